The molecule has 164 valence electrons. The van der Waals surface area contributed by atoms with Gasteiger partial charge < -0.3 is 15.0 Å². The third-order valence-corrected chi connectivity index (χ3v) is 6.12. The van der Waals surface area contributed by atoms with Gasteiger partial charge in [-0.05, 0) is 30.0 Å². The van der Waals surface area contributed by atoms with E-state index in [-0.39, 0.29) is 18.1 Å². The number of anilines is 1. The summed E-state index contributed by atoms with van der Waals surface area (Å²) in [6.07, 6.45) is 4.15. The second kappa shape index (κ2) is 8.67. The van der Waals surface area contributed by atoms with Crippen molar-refractivity contribution in [1.29, 1.82) is 0 Å². The molecule has 0 spiro atoms. The number of aromatic nitrogens is 3. The fourth-order valence-electron chi connectivity index (χ4n) is 4.34. The zero-order valence-electron chi connectivity index (χ0n) is 18.4. The van der Waals surface area contributed by atoms with Crippen LogP contribution in [0.25, 0.3) is 11.4 Å². The summed E-state index contributed by atoms with van der Waals surface area (Å²) in [5.41, 5.74) is 3.32. The fourth-order valence-corrected chi connectivity index (χ4v) is 4.34. The monoisotopic (exact) mass is 429 g/mol. The summed E-state index contributed by atoms with van der Waals surface area (Å²) in [5.74, 6) is 1.56. The number of benzene rings is 1. The highest BCUT2D eigenvalue weighted by Gasteiger charge is 2.34. The Kier molecular flexibility index (Phi) is 5.57. The van der Waals surface area contributed by atoms with Crippen LogP contribution in [0, 0.1) is 5.92 Å². The molecular weight excluding hydrogens is 402 g/mol. The van der Waals surface area contributed by atoms with Crippen molar-refractivity contribution in [2.75, 3.05) is 24.5 Å². The predicted molar refractivity (Wildman–Crippen MR) is 122 cm³/mol. The lowest BCUT2D eigenvalue weighted by molar-refractivity contribution is -0.0501. The van der Waals surface area contributed by atoms with Crippen molar-refractivity contribution in [1.82, 2.24) is 20.3 Å². The Hall–Kier alpha value is -3.32. The van der Waals surface area contributed by atoms with Crippen LogP contribution in [0.4, 0.5) is 5.82 Å². The van der Waals surface area contributed by atoms with Gasteiger partial charge in [0.1, 0.15) is 17.6 Å². The van der Waals surface area contributed by atoms with Crippen molar-refractivity contribution >= 4 is 11.7 Å². The molecule has 1 saturated heterocycles. The van der Waals surface area contributed by atoms with Gasteiger partial charge in [0.05, 0.1) is 6.10 Å². The number of rotatable bonds is 4. The standard InChI is InChI=1S/C25H27N5O2/c1-16(2)20-14-30(15-21(32-20)17-7-4-3-5-8-17)24-19-10-12-27-25(31)22(19)28-23(29-24)18-9-6-11-26-13-18/h3-9,11,13,16,20-21H,10,12,14-15H2,1-2H3,(H,27,31)/t20-,21+/m1/s1. The first-order valence-electron chi connectivity index (χ1n) is 11.1. The molecule has 0 aliphatic carbocycles. The fraction of sp³-hybridized carbons (Fsp3) is 0.360. The maximum atomic E-state index is 12.7. The first kappa shape index (κ1) is 20.6. The second-order valence-corrected chi connectivity index (χ2v) is 8.67. The lowest BCUT2D eigenvalue weighted by atomic mass is 9.99. The second-order valence-electron chi connectivity index (χ2n) is 8.67. The van der Waals surface area contributed by atoms with Crippen molar-refractivity contribution in [3.8, 4) is 11.4 Å². The minimum absolute atomic E-state index is 0.0545. The molecule has 2 aromatic heterocycles. The molecule has 1 fully saturated rings. The van der Waals surface area contributed by atoms with Crippen LogP contribution in [0.1, 0.15) is 41.6 Å². The summed E-state index contributed by atoms with van der Waals surface area (Å²) in [6, 6.07) is 14.1. The number of carbonyl (C=O) groups is 1. The SMILES string of the molecule is CC(C)[C@H]1CN(c2nc(-c3cccnc3)nc3c2CCNC3=O)C[C@@H](c2ccccc2)O1. The number of hydrogen-bond donors (Lipinski definition) is 1. The van der Waals surface area contributed by atoms with E-state index >= 15 is 0 Å². The number of hydrogen-bond acceptors (Lipinski definition) is 6. The van der Waals surface area contributed by atoms with Crippen LogP contribution in [0.15, 0.2) is 54.9 Å². The predicted octanol–water partition coefficient (Wildman–Crippen LogP) is 3.43. The maximum Gasteiger partial charge on any atom is 0.270 e. The molecule has 5 rings (SSSR count). The molecule has 2 aliphatic heterocycles. The Bertz CT molecular complexity index is 1100. The van der Waals surface area contributed by atoms with Crippen molar-refractivity contribution in [3.05, 3.63) is 71.7 Å². The molecule has 3 aromatic rings. The Morgan fingerprint density at radius 1 is 1.09 bits per heavy atom. The van der Waals surface area contributed by atoms with Gasteiger partial charge in [-0.3, -0.25) is 9.78 Å². The topological polar surface area (TPSA) is 80.2 Å². The highest BCUT2D eigenvalue weighted by molar-refractivity contribution is 5.96. The normalized spacial score (nSPS) is 20.7. The molecular formula is C25H27N5O2. The number of nitrogens with one attached hydrogen (secondary N) is 1. The summed E-state index contributed by atoms with van der Waals surface area (Å²) in [7, 11) is 0. The molecule has 7 nitrogen and oxygen atoms in total. The lowest BCUT2D eigenvalue weighted by Crippen LogP contribution is -2.47. The first-order valence-corrected chi connectivity index (χ1v) is 11.1. The molecule has 0 saturated carbocycles. The van der Waals surface area contributed by atoms with E-state index in [0.717, 1.165) is 29.1 Å². The molecule has 2 aliphatic rings. The minimum Gasteiger partial charge on any atom is -0.366 e. The molecule has 7 heteroatoms. The van der Waals surface area contributed by atoms with E-state index in [0.29, 0.717) is 36.9 Å². The minimum atomic E-state index is -0.145. The molecule has 0 unspecified atom stereocenters. The molecule has 1 N–H and O–H groups in total. The smallest absolute Gasteiger partial charge is 0.270 e. The summed E-state index contributed by atoms with van der Waals surface area (Å²) in [5, 5.41) is 2.92. The van der Waals surface area contributed by atoms with Gasteiger partial charge in [0.15, 0.2) is 5.82 Å². The van der Waals surface area contributed by atoms with Crippen molar-refractivity contribution in [2.24, 2.45) is 5.92 Å². The van der Waals surface area contributed by atoms with Crippen LogP contribution in [-0.2, 0) is 11.2 Å². The largest absolute Gasteiger partial charge is 0.366 e. The van der Waals surface area contributed by atoms with Gasteiger partial charge in [-0.1, -0.05) is 44.2 Å². The zero-order chi connectivity index (χ0) is 22.1. The average molecular weight is 430 g/mol. The quantitative estimate of drug-likeness (QED) is 0.685. The third kappa shape index (κ3) is 3.96. The van der Waals surface area contributed by atoms with E-state index in [1.807, 2.05) is 30.3 Å². The van der Waals surface area contributed by atoms with Gasteiger partial charge in [0, 0.05) is 43.2 Å². The number of pyridine rings is 1. The first-order chi connectivity index (χ1) is 15.6. The molecule has 1 amide bonds. The Morgan fingerprint density at radius 3 is 2.69 bits per heavy atom. The van der Waals surface area contributed by atoms with Crippen molar-refractivity contribution < 1.29 is 9.53 Å². The number of carbonyl (C=O) groups excluding carboxylic acids is 1. The number of morpholine rings is 1. The summed E-state index contributed by atoms with van der Waals surface area (Å²) in [6.45, 7) is 6.35. The summed E-state index contributed by atoms with van der Waals surface area (Å²) < 4.78 is 6.49. The van der Waals surface area contributed by atoms with Crippen LogP contribution >= 0.6 is 0 Å². The number of fused-ring (bicyclic) bond motifs is 1. The maximum absolute atomic E-state index is 12.7. The molecule has 0 bridgehead atoms. The Labute approximate surface area is 187 Å². The molecule has 2 atom stereocenters. The van der Waals surface area contributed by atoms with Crippen LogP contribution in [-0.4, -0.2) is 46.6 Å². The van der Waals surface area contributed by atoms with E-state index in [4.69, 9.17) is 9.72 Å². The zero-order valence-corrected chi connectivity index (χ0v) is 18.4. The van der Waals surface area contributed by atoms with Gasteiger partial charge in [-0.2, -0.15) is 0 Å². The highest BCUT2D eigenvalue weighted by Crippen LogP contribution is 2.34. The van der Waals surface area contributed by atoms with Gasteiger partial charge >= 0.3 is 0 Å². The van der Waals surface area contributed by atoms with E-state index in [1.54, 1.807) is 12.4 Å². The van der Waals surface area contributed by atoms with Gasteiger partial charge in [0.25, 0.3) is 5.91 Å². The molecule has 1 aromatic carbocycles. The van der Waals surface area contributed by atoms with Crippen LogP contribution in [0.5, 0.6) is 0 Å². The summed E-state index contributed by atoms with van der Waals surface area (Å²) >= 11 is 0. The average Bonchev–Trinajstić information content (AvgIpc) is 2.84. The van der Waals surface area contributed by atoms with E-state index in [2.05, 4.69) is 46.2 Å². The van der Waals surface area contributed by atoms with Crippen LogP contribution in [0.3, 0.4) is 0 Å². The molecule has 4 heterocycles. The van der Waals surface area contributed by atoms with E-state index < -0.39 is 0 Å². The van der Waals surface area contributed by atoms with Crippen molar-refractivity contribution in [2.45, 2.75) is 32.5 Å². The Balaban J connectivity index is 1.60. The van der Waals surface area contributed by atoms with Gasteiger partial charge in [-0.25, -0.2) is 9.97 Å². The number of amides is 1. The van der Waals surface area contributed by atoms with Gasteiger partial charge in [0.2, 0.25) is 0 Å². The van der Waals surface area contributed by atoms with Gasteiger partial charge in [-0.15, -0.1) is 0 Å². The van der Waals surface area contributed by atoms with Crippen LogP contribution in [0.2, 0.25) is 0 Å². The Morgan fingerprint density at radius 2 is 1.94 bits per heavy atom. The summed E-state index contributed by atoms with van der Waals surface area (Å²) in [4.78, 5) is 28.8. The number of nitrogens with zero attached hydrogens (tertiary/aromatic N) is 4. The third-order valence-electron chi connectivity index (χ3n) is 6.12. The van der Waals surface area contributed by atoms with Crippen LogP contribution < -0.4 is 10.2 Å². The van der Waals surface area contributed by atoms with Crippen molar-refractivity contribution in [3.63, 3.8) is 0 Å². The lowest BCUT2D eigenvalue weighted by Gasteiger charge is -2.41. The van der Waals surface area contributed by atoms with E-state index in [9.17, 15) is 4.79 Å². The molecule has 0 radical (unpaired) electrons. The van der Waals surface area contributed by atoms with E-state index in [1.165, 1.54) is 0 Å². The molecule has 32 heavy (non-hydrogen) atoms. The highest BCUT2D eigenvalue weighted by atomic mass is 16.5. The number of ether oxygens (including phenoxy) is 1.